The topological polar surface area (TPSA) is 56.7 Å². The molecule has 0 aromatic carbocycles. The molecule has 2 N–H and O–H groups in total. The van der Waals surface area contributed by atoms with Gasteiger partial charge in [0.05, 0.1) is 0 Å². The van der Waals surface area contributed by atoms with Gasteiger partial charge in [-0.05, 0) is 38.5 Å². The number of aromatic nitrogens is 3. The van der Waals surface area contributed by atoms with Gasteiger partial charge in [-0.1, -0.05) is 0 Å². The standard InChI is InChI=1S/C12H20N4/c1-8(13)6-9-2-5-11-14-12(10-3-4-10)15-16(11)7-9/h8-10H,2-7,13H2,1H3. The summed E-state index contributed by atoms with van der Waals surface area (Å²) in [5, 5.41) is 4.64. The maximum absolute atomic E-state index is 5.86. The third-order valence-corrected chi connectivity index (χ3v) is 3.62. The van der Waals surface area contributed by atoms with Crippen molar-refractivity contribution in [1.29, 1.82) is 0 Å². The predicted octanol–water partition coefficient (Wildman–Crippen LogP) is 1.46. The Morgan fingerprint density at radius 3 is 2.94 bits per heavy atom. The molecule has 2 unspecified atom stereocenters. The Morgan fingerprint density at radius 1 is 1.44 bits per heavy atom. The van der Waals surface area contributed by atoms with Crippen LogP contribution in [0.25, 0.3) is 0 Å². The van der Waals surface area contributed by atoms with Gasteiger partial charge in [0.1, 0.15) is 5.82 Å². The van der Waals surface area contributed by atoms with E-state index in [1.54, 1.807) is 0 Å². The van der Waals surface area contributed by atoms with Gasteiger partial charge in [-0.2, -0.15) is 5.10 Å². The lowest BCUT2D eigenvalue weighted by Crippen LogP contribution is -2.27. The molecule has 0 amide bonds. The third-order valence-electron chi connectivity index (χ3n) is 3.62. The minimum atomic E-state index is 0.304. The third kappa shape index (κ3) is 1.98. The minimum Gasteiger partial charge on any atom is -0.328 e. The van der Waals surface area contributed by atoms with Crippen molar-refractivity contribution in [2.45, 2.75) is 57.5 Å². The highest BCUT2D eigenvalue weighted by atomic mass is 15.4. The number of fused-ring (bicyclic) bond motifs is 1. The highest BCUT2D eigenvalue weighted by molar-refractivity contribution is 5.07. The van der Waals surface area contributed by atoms with Crippen LogP contribution in [0.3, 0.4) is 0 Å². The Labute approximate surface area is 96.2 Å². The Morgan fingerprint density at radius 2 is 2.25 bits per heavy atom. The summed E-state index contributed by atoms with van der Waals surface area (Å²) in [6.07, 6.45) is 5.99. The highest BCUT2D eigenvalue weighted by Crippen LogP contribution is 2.38. The van der Waals surface area contributed by atoms with E-state index in [2.05, 4.69) is 21.7 Å². The second kappa shape index (κ2) is 3.84. The van der Waals surface area contributed by atoms with Gasteiger partial charge in [0.25, 0.3) is 0 Å². The summed E-state index contributed by atoms with van der Waals surface area (Å²) in [7, 11) is 0. The van der Waals surface area contributed by atoms with Crippen LogP contribution in [0, 0.1) is 5.92 Å². The van der Waals surface area contributed by atoms with Crippen LogP contribution < -0.4 is 5.73 Å². The maximum atomic E-state index is 5.86. The van der Waals surface area contributed by atoms with Crippen molar-refractivity contribution in [1.82, 2.24) is 14.8 Å². The molecule has 1 aliphatic carbocycles. The van der Waals surface area contributed by atoms with Crippen molar-refractivity contribution in [2.24, 2.45) is 11.7 Å². The van der Waals surface area contributed by atoms with Crippen molar-refractivity contribution >= 4 is 0 Å². The molecule has 1 aromatic heterocycles. The molecule has 88 valence electrons. The first-order chi connectivity index (χ1) is 7.72. The van der Waals surface area contributed by atoms with Crippen LogP contribution in [0.5, 0.6) is 0 Å². The van der Waals surface area contributed by atoms with E-state index >= 15 is 0 Å². The van der Waals surface area contributed by atoms with Gasteiger partial charge in [0, 0.05) is 24.9 Å². The summed E-state index contributed by atoms with van der Waals surface area (Å²) in [4.78, 5) is 4.65. The summed E-state index contributed by atoms with van der Waals surface area (Å²) in [6, 6.07) is 0.304. The molecule has 2 heterocycles. The van der Waals surface area contributed by atoms with Crippen LogP contribution in [-0.4, -0.2) is 20.8 Å². The van der Waals surface area contributed by atoms with Crippen molar-refractivity contribution in [2.75, 3.05) is 0 Å². The van der Waals surface area contributed by atoms with Gasteiger partial charge in [-0.15, -0.1) is 0 Å². The van der Waals surface area contributed by atoms with Gasteiger partial charge < -0.3 is 5.73 Å². The Hall–Kier alpha value is -0.900. The lowest BCUT2D eigenvalue weighted by molar-refractivity contribution is 0.309. The summed E-state index contributed by atoms with van der Waals surface area (Å²) in [5.41, 5.74) is 5.86. The first kappa shape index (κ1) is 10.3. The summed E-state index contributed by atoms with van der Waals surface area (Å²) < 4.78 is 2.13. The molecule has 16 heavy (non-hydrogen) atoms. The number of nitrogens with two attached hydrogens (primary N) is 1. The zero-order valence-electron chi connectivity index (χ0n) is 9.89. The normalized spacial score (nSPS) is 26.5. The summed E-state index contributed by atoms with van der Waals surface area (Å²) in [6.45, 7) is 3.11. The van der Waals surface area contributed by atoms with Crippen LogP contribution in [0.1, 0.15) is 50.2 Å². The maximum Gasteiger partial charge on any atom is 0.154 e. The number of aryl methyl sites for hydroxylation is 1. The lowest BCUT2D eigenvalue weighted by Gasteiger charge is -2.23. The molecule has 1 aromatic rings. The molecule has 2 aliphatic rings. The Kier molecular flexibility index (Phi) is 2.46. The van der Waals surface area contributed by atoms with E-state index < -0.39 is 0 Å². The molecular formula is C12H20N4. The monoisotopic (exact) mass is 220 g/mol. The predicted molar refractivity (Wildman–Crippen MR) is 62.1 cm³/mol. The van der Waals surface area contributed by atoms with Gasteiger partial charge >= 0.3 is 0 Å². The molecule has 1 saturated carbocycles. The van der Waals surface area contributed by atoms with Crippen LogP contribution in [0.4, 0.5) is 0 Å². The average Bonchev–Trinajstić information content (AvgIpc) is 2.98. The van der Waals surface area contributed by atoms with E-state index in [9.17, 15) is 0 Å². The van der Waals surface area contributed by atoms with Crippen LogP contribution >= 0.6 is 0 Å². The van der Waals surface area contributed by atoms with Gasteiger partial charge in [0.15, 0.2) is 5.82 Å². The first-order valence-electron chi connectivity index (χ1n) is 6.41. The molecule has 1 fully saturated rings. The zero-order valence-corrected chi connectivity index (χ0v) is 9.89. The van der Waals surface area contributed by atoms with Crippen LogP contribution in [0.15, 0.2) is 0 Å². The van der Waals surface area contributed by atoms with E-state index in [4.69, 9.17) is 5.73 Å². The fourth-order valence-electron chi connectivity index (χ4n) is 2.63. The molecule has 0 radical (unpaired) electrons. The molecule has 0 bridgehead atoms. The summed E-state index contributed by atoms with van der Waals surface area (Å²) >= 11 is 0. The second-order valence-electron chi connectivity index (χ2n) is 5.46. The van der Waals surface area contributed by atoms with Crippen molar-refractivity contribution in [3.63, 3.8) is 0 Å². The number of hydrogen-bond acceptors (Lipinski definition) is 3. The zero-order chi connectivity index (χ0) is 11.1. The largest absolute Gasteiger partial charge is 0.328 e. The summed E-state index contributed by atoms with van der Waals surface area (Å²) in [5.74, 6) is 3.66. The quantitative estimate of drug-likeness (QED) is 0.839. The minimum absolute atomic E-state index is 0.304. The van der Waals surface area contributed by atoms with E-state index in [1.807, 2.05) is 0 Å². The molecule has 0 spiro atoms. The highest BCUT2D eigenvalue weighted by Gasteiger charge is 2.30. The number of hydrogen-bond donors (Lipinski definition) is 1. The van der Waals surface area contributed by atoms with Crippen molar-refractivity contribution in [3.05, 3.63) is 11.6 Å². The van der Waals surface area contributed by atoms with Crippen LogP contribution in [0.2, 0.25) is 0 Å². The molecule has 0 saturated heterocycles. The second-order valence-corrected chi connectivity index (χ2v) is 5.46. The molecule has 3 rings (SSSR count). The van der Waals surface area contributed by atoms with Crippen molar-refractivity contribution < 1.29 is 0 Å². The molecule has 1 aliphatic heterocycles. The number of nitrogens with zero attached hydrogens (tertiary/aromatic N) is 3. The fourth-order valence-corrected chi connectivity index (χ4v) is 2.63. The Balaban J connectivity index is 1.72. The van der Waals surface area contributed by atoms with Crippen LogP contribution in [-0.2, 0) is 13.0 Å². The van der Waals surface area contributed by atoms with Gasteiger partial charge in [-0.25, -0.2) is 9.67 Å². The molecule has 4 nitrogen and oxygen atoms in total. The van der Waals surface area contributed by atoms with Gasteiger partial charge in [0.2, 0.25) is 0 Å². The van der Waals surface area contributed by atoms with E-state index in [1.165, 1.54) is 25.1 Å². The molecule has 2 atom stereocenters. The fraction of sp³-hybridized carbons (Fsp3) is 0.833. The van der Waals surface area contributed by atoms with E-state index in [-0.39, 0.29) is 0 Å². The Bertz CT molecular complexity index is 378. The van der Waals surface area contributed by atoms with Crippen molar-refractivity contribution in [3.8, 4) is 0 Å². The number of rotatable bonds is 3. The molecular weight excluding hydrogens is 200 g/mol. The van der Waals surface area contributed by atoms with E-state index in [0.717, 1.165) is 25.2 Å². The first-order valence-corrected chi connectivity index (χ1v) is 6.41. The van der Waals surface area contributed by atoms with Gasteiger partial charge in [-0.3, -0.25) is 0 Å². The SMILES string of the molecule is CC(N)CC1CCc2nc(C3CC3)nn2C1. The van der Waals surface area contributed by atoms with E-state index in [0.29, 0.717) is 17.9 Å². The molecule has 4 heteroatoms. The lowest BCUT2D eigenvalue weighted by atomic mass is 9.93. The smallest absolute Gasteiger partial charge is 0.154 e. The average molecular weight is 220 g/mol.